The number of rotatable bonds is 4. The van der Waals surface area contributed by atoms with Gasteiger partial charge in [0.15, 0.2) is 0 Å². The van der Waals surface area contributed by atoms with Gasteiger partial charge in [-0.25, -0.2) is 8.78 Å². The topological polar surface area (TPSA) is 58.6 Å². The molecule has 0 unspecified atom stereocenters. The van der Waals surface area contributed by atoms with Gasteiger partial charge in [-0.15, -0.1) is 0 Å². The fourth-order valence-corrected chi connectivity index (χ4v) is 3.10. The number of carbonyl (C=O) groups excluding carboxylic acids is 2. The molecular weight excluding hydrogens is 354 g/mol. The first kappa shape index (κ1) is 18.8. The van der Waals surface area contributed by atoms with Gasteiger partial charge in [-0.1, -0.05) is 6.07 Å². The number of methoxy groups -OCH3 is 1. The molecular formula is C20H20F2N2O3. The van der Waals surface area contributed by atoms with Gasteiger partial charge in [0.05, 0.1) is 7.11 Å². The Morgan fingerprint density at radius 2 is 1.63 bits per heavy atom. The van der Waals surface area contributed by atoms with Crippen LogP contribution in [0.25, 0.3) is 0 Å². The van der Waals surface area contributed by atoms with Crippen LogP contribution in [-0.4, -0.2) is 36.9 Å². The number of anilines is 1. The lowest BCUT2D eigenvalue weighted by Crippen LogP contribution is -2.41. The zero-order chi connectivity index (χ0) is 19.4. The van der Waals surface area contributed by atoms with E-state index >= 15 is 0 Å². The maximum absolute atomic E-state index is 13.7. The molecule has 0 radical (unpaired) electrons. The second-order valence-corrected chi connectivity index (χ2v) is 6.38. The van der Waals surface area contributed by atoms with Crippen LogP contribution in [0.4, 0.5) is 14.5 Å². The lowest BCUT2D eigenvalue weighted by Gasteiger charge is -2.31. The number of nitrogens with zero attached hydrogens (tertiary/aromatic N) is 1. The van der Waals surface area contributed by atoms with E-state index < -0.39 is 29.1 Å². The molecule has 1 N–H and O–H groups in total. The van der Waals surface area contributed by atoms with E-state index in [-0.39, 0.29) is 5.91 Å². The first-order chi connectivity index (χ1) is 13.0. The van der Waals surface area contributed by atoms with E-state index in [1.165, 1.54) is 6.07 Å². The van der Waals surface area contributed by atoms with Crippen molar-refractivity contribution in [3.05, 3.63) is 59.7 Å². The van der Waals surface area contributed by atoms with E-state index in [4.69, 9.17) is 4.74 Å². The van der Waals surface area contributed by atoms with E-state index in [2.05, 4.69) is 5.32 Å². The highest BCUT2D eigenvalue weighted by molar-refractivity contribution is 5.95. The smallest absolute Gasteiger partial charge is 0.253 e. The molecule has 1 aliphatic rings. The number of amides is 2. The van der Waals surface area contributed by atoms with Crippen molar-refractivity contribution in [2.45, 2.75) is 12.8 Å². The molecule has 0 saturated carbocycles. The van der Waals surface area contributed by atoms with E-state index in [0.29, 0.717) is 37.2 Å². The number of piperidine rings is 1. The first-order valence-corrected chi connectivity index (χ1v) is 8.68. The Morgan fingerprint density at radius 3 is 2.19 bits per heavy atom. The van der Waals surface area contributed by atoms with Gasteiger partial charge < -0.3 is 15.0 Å². The van der Waals surface area contributed by atoms with E-state index in [1.54, 1.807) is 36.3 Å². The highest BCUT2D eigenvalue weighted by Crippen LogP contribution is 2.24. The summed E-state index contributed by atoms with van der Waals surface area (Å²) in [5.74, 6) is -1.90. The Kier molecular flexibility index (Phi) is 5.69. The minimum atomic E-state index is -0.810. The standard InChI is InChI=1S/C20H20F2N2O3/c1-27-15-7-5-14(6-8-15)20(26)24-11-9-13(10-12-24)19(25)23-18-16(21)3-2-4-17(18)22/h2-8,13H,9-12H2,1H3,(H,23,25). The zero-order valence-electron chi connectivity index (χ0n) is 14.9. The SMILES string of the molecule is COc1ccc(C(=O)N2CCC(C(=O)Nc3c(F)cccc3F)CC2)cc1. The average molecular weight is 374 g/mol. The Balaban J connectivity index is 1.58. The van der Waals surface area contributed by atoms with Crippen LogP contribution in [0, 0.1) is 17.6 Å². The number of ether oxygens (including phenoxy) is 1. The summed E-state index contributed by atoms with van der Waals surface area (Å²) < 4.78 is 32.4. The summed E-state index contributed by atoms with van der Waals surface area (Å²) in [5, 5.41) is 2.33. The number of likely N-dealkylation sites (tertiary alicyclic amines) is 1. The van der Waals surface area contributed by atoms with Gasteiger partial charge in [0.1, 0.15) is 23.1 Å². The maximum Gasteiger partial charge on any atom is 0.253 e. The van der Waals surface area contributed by atoms with Crippen LogP contribution in [0.3, 0.4) is 0 Å². The van der Waals surface area contributed by atoms with Crippen molar-refractivity contribution in [3.63, 3.8) is 0 Å². The van der Waals surface area contributed by atoms with Gasteiger partial charge in [-0.2, -0.15) is 0 Å². The van der Waals surface area contributed by atoms with Crippen LogP contribution in [0.2, 0.25) is 0 Å². The van der Waals surface area contributed by atoms with Crippen molar-refractivity contribution in [2.24, 2.45) is 5.92 Å². The van der Waals surface area contributed by atoms with Crippen LogP contribution in [-0.2, 0) is 4.79 Å². The second-order valence-electron chi connectivity index (χ2n) is 6.38. The quantitative estimate of drug-likeness (QED) is 0.892. The van der Waals surface area contributed by atoms with Crippen LogP contribution in [0.1, 0.15) is 23.2 Å². The molecule has 2 amide bonds. The normalized spacial score (nSPS) is 14.7. The van der Waals surface area contributed by atoms with Gasteiger partial charge in [-0.05, 0) is 49.2 Å². The molecule has 142 valence electrons. The van der Waals surface area contributed by atoms with E-state index in [1.807, 2.05) is 0 Å². The van der Waals surface area contributed by atoms with E-state index in [9.17, 15) is 18.4 Å². The number of benzene rings is 2. The number of hydrogen-bond donors (Lipinski definition) is 1. The highest BCUT2D eigenvalue weighted by atomic mass is 19.1. The van der Waals surface area contributed by atoms with Crippen molar-refractivity contribution < 1.29 is 23.1 Å². The fraction of sp³-hybridized carbons (Fsp3) is 0.300. The van der Waals surface area contributed by atoms with Crippen LogP contribution in [0.5, 0.6) is 5.75 Å². The molecule has 2 aromatic rings. The molecule has 1 fully saturated rings. The van der Waals surface area contributed by atoms with Crippen molar-refractivity contribution in [1.82, 2.24) is 4.90 Å². The summed E-state index contributed by atoms with van der Waals surface area (Å²) in [6.07, 6.45) is 0.869. The summed E-state index contributed by atoms with van der Waals surface area (Å²) in [6, 6.07) is 10.3. The van der Waals surface area contributed by atoms with Gasteiger partial charge in [0.2, 0.25) is 5.91 Å². The zero-order valence-corrected chi connectivity index (χ0v) is 14.9. The lowest BCUT2D eigenvalue weighted by molar-refractivity contribution is -0.121. The Bertz CT molecular complexity index is 811. The average Bonchev–Trinajstić information content (AvgIpc) is 2.70. The third-order valence-corrected chi connectivity index (χ3v) is 4.70. The van der Waals surface area contributed by atoms with Crippen LogP contribution < -0.4 is 10.1 Å². The minimum Gasteiger partial charge on any atom is -0.497 e. The molecule has 27 heavy (non-hydrogen) atoms. The predicted molar refractivity (Wildman–Crippen MR) is 96.6 cm³/mol. The molecule has 7 heteroatoms. The number of halogens is 2. The molecule has 0 spiro atoms. The Labute approximate surface area is 155 Å². The number of hydrogen-bond acceptors (Lipinski definition) is 3. The van der Waals surface area contributed by atoms with Gasteiger partial charge in [0.25, 0.3) is 5.91 Å². The number of para-hydroxylation sites is 1. The molecule has 1 saturated heterocycles. The van der Waals surface area contributed by atoms with Gasteiger partial charge >= 0.3 is 0 Å². The molecule has 0 aromatic heterocycles. The van der Waals surface area contributed by atoms with Crippen molar-refractivity contribution in [1.29, 1.82) is 0 Å². The molecule has 3 rings (SSSR count). The first-order valence-electron chi connectivity index (χ1n) is 8.68. The monoisotopic (exact) mass is 374 g/mol. The maximum atomic E-state index is 13.7. The molecule has 1 aliphatic heterocycles. The van der Waals surface area contributed by atoms with Crippen LogP contribution >= 0.6 is 0 Å². The molecule has 0 bridgehead atoms. The van der Waals surface area contributed by atoms with Gasteiger partial charge in [0, 0.05) is 24.6 Å². The third kappa shape index (κ3) is 4.24. The Morgan fingerprint density at radius 1 is 1.04 bits per heavy atom. The highest BCUT2D eigenvalue weighted by Gasteiger charge is 2.28. The van der Waals surface area contributed by atoms with Crippen molar-refractivity contribution >= 4 is 17.5 Å². The summed E-state index contributed by atoms with van der Waals surface area (Å²) >= 11 is 0. The summed E-state index contributed by atoms with van der Waals surface area (Å²) in [7, 11) is 1.56. The largest absolute Gasteiger partial charge is 0.497 e. The molecule has 2 aromatic carbocycles. The van der Waals surface area contributed by atoms with Gasteiger partial charge in [-0.3, -0.25) is 9.59 Å². The van der Waals surface area contributed by atoms with Crippen molar-refractivity contribution in [3.8, 4) is 5.75 Å². The number of nitrogens with one attached hydrogen (secondary N) is 1. The lowest BCUT2D eigenvalue weighted by atomic mass is 9.95. The Hall–Kier alpha value is -2.96. The van der Waals surface area contributed by atoms with Crippen molar-refractivity contribution in [2.75, 3.05) is 25.5 Å². The summed E-state index contributed by atoms with van der Waals surface area (Å²) in [4.78, 5) is 26.5. The fourth-order valence-electron chi connectivity index (χ4n) is 3.10. The summed E-state index contributed by atoms with van der Waals surface area (Å²) in [6.45, 7) is 0.811. The predicted octanol–water partition coefficient (Wildman–Crippen LogP) is 3.46. The van der Waals surface area contributed by atoms with E-state index in [0.717, 1.165) is 12.1 Å². The minimum absolute atomic E-state index is 0.114. The van der Waals surface area contributed by atoms with Crippen LogP contribution in [0.15, 0.2) is 42.5 Å². The summed E-state index contributed by atoms with van der Waals surface area (Å²) in [5.41, 5.74) is 0.117. The molecule has 1 heterocycles. The molecule has 0 atom stereocenters. The second kappa shape index (κ2) is 8.16. The third-order valence-electron chi connectivity index (χ3n) is 4.70. The molecule has 5 nitrogen and oxygen atoms in total. The number of carbonyl (C=O) groups is 2. The molecule has 0 aliphatic carbocycles.